The first-order valence-electron chi connectivity index (χ1n) is 7.63. The van der Waals surface area contributed by atoms with Gasteiger partial charge in [-0.25, -0.2) is 8.78 Å². The van der Waals surface area contributed by atoms with E-state index in [9.17, 15) is 8.78 Å². The molecule has 0 unspecified atom stereocenters. The Morgan fingerprint density at radius 3 is 2.78 bits per heavy atom. The van der Waals surface area contributed by atoms with Crippen molar-refractivity contribution in [1.29, 1.82) is 0 Å². The maximum atomic E-state index is 13.6. The second kappa shape index (κ2) is 12.3. The number of nitrogens with one attached hydrogen (secondary N) is 1. The summed E-state index contributed by atoms with van der Waals surface area (Å²) in [7, 11) is 1.97. The van der Waals surface area contributed by atoms with Gasteiger partial charge in [-0.2, -0.15) is 0 Å². The van der Waals surface area contributed by atoms with Crippen LogP contribution in [-0.4, -0.2) is 37.5 Å². The Morgan fingerprint density at radius 2 is 2.13 bits per heavy atom. The van der Waals surface area contributed by atoms with Crippen LogP contribution in [0.2, 0.25) is 0 Å². The molecule has 0 amide bonds. The van der Waals surface area contributed by atoms with Crippen LogP contribution in [-0.2, 0) is 6.42 Å². The Labute approximate surface area is 154 Å². The van der Waals surface area contributed by atoms with Crippen LogP contribution < -0.4 is 5.32 Å². The lowest BCUT2D eigenvalue weighted by atomic mass is 10.1. The predicted octanol–water partition coefficient (Wildman–Crippen LogP) is 3.99. The summed E-state index contributed by atoms with van der Waals surface area (Å²) in [5.41, 5.74) is 0.355. The van der Waals surface area contributed by atoms with Crippen LogP contribution >= 0.6 is 24.0 Å². The fraction of sp³-hybridized carbons (Fsp3) is 0.471. The lowest BCUT2D eigenvalue weighted by Crippen LogP contribution is -2.39. The number of unbranched alkanes of at least 4 members (excludes halogenated alkanes) is 1. The molecule has 0 aliphatic rings. The fourth-order valence-electron chi connectivity index (χ4n) is 2.07. The quantitative estimate of drug-likeness (QED) is 0.219. The lowest BCUT2D eigenvalue weighted by Gasteiger charge is -2.21. The molecule has 0 aliphatic heterocycles. The van der Waals surface area contributed by atoms with Gasteiger partial charge in [0, 0.05) is 26.7 Å². The molecule has 1 aromatic rings. The van der Waals surface area contributed by atoms with Crippen molar-refractivity contribution in [2.45, 2.75) is 26.2 Å². The summed E-state index contributed by atoms with van der Waals surface area (Å²) in [6.07, 6.45) is 4.23. The molecule has 3 nitrogen and oxygen atoms in total. The van der Waals surface area contributed by atoms with Gasteiger partial charge in [-0.1, -0.05) is 18.2 Å². The smallest absolute Gasteiger partial charge is 0.193 e. The van der Waals surface area contributed by atoms with Crippen LogP contribution in [0.1, 0.15) is 25.3 Å². The zero-order valence-corrected chi connectivity index (χ0v) is 16.1. The van der Waals surface area contributed by atoms with Gasteiger partial charge in [0.15, 0.2) is 17.6 Å². The van der Waals surface area contributed by atoms with Gasteiger partial charge in [-0.3, -0.25) is 4.99 Å². The number of rotatable bonds is 8. The second-order valence-corrected chi connectivity index (χ2v) is 5.05. The van der Waals surface area contributed by atoms with E-state index in [1.165, 1.54) is 6.07 Å². The van der Waals surface area contributed by atoms with Crippen molar-refractivity contribution in [1.82, 2.24) is 10.2 Å². The molecule has 6 heteroatoms. The van der Waals surface area contributed by atoms with E-state index >= 15 is 0 Å². The number of guanidine groups is 1. The highest BCUT2D eigenvalue weighted by Gasteiger charge is 2.08. The summed E-state index contributed by atoms with van der Waals surface area (Å²) in [4.78, 5) is 6.51. The summed E-state index contributed by atoms with van der Waals surface area (Å²) >= 11 is 0. The van der Waals surface area contributed by atoms with E-state index in [1.807, 2.05) is 24.9 Å². The van der Waals surface area contributed by atoms with Gasteiger partial charge in [-0.15, -0.1) is 30.6 Å². The Hall–Kier alpha value is -1.18. The first-order valence-corrected chi connectivity index (χ1v) is 7.63. The molecule has 1 aromatic carbocycles. The minimum absolute atomic E-state index is 0. The van der Waals surface area contributed by atoms with Crippen LogP contribution in [0.15, 0.2) is 35.8 Å². The third-order valence-corrected chi connectivity index (χ3v) is 3.27. The average molecular weight is 437 g/mol. The molecule has 0 heterocycles. The summed E-state index contributed by atoms with van der Waals surface area (Å²) < 4.78 is 26.7. The number of halogens is 3. The molecule has 0 aliphatic carbocycles. The van der Waals surface area contributed by atoms with Gasteiger partial charge < -0.3 is 10.2 Å². The molecule has 0 saturated heterocycles. The van der Waals surface area contributed by atoms with E-state index < -0.39 is 11.6 Å². The predicted molar refractivity (Wildman–Crippen MR) is 104 cm³/mol. The Balaban J connectivity index is 0.00000484. The van der Waals surface area contributed by atoms with Gasteiger partial charge in [0.2, 0.25) is 0 Å². The van der Waals surface area contributed by atoms with Gasteiger partial charge in [0.25, 0.3) is 0 Å². The largest absolute Gasteiger partial charge is 0.357 e. The number of benzene rings is 1. The van der Waals surface area contributed by atoms with E-state index in [0.29, 0.717) is 18.5 Å². The van der Waals surface area contributed by atoms with Gasteiger partial charge in [-0.05, 0) is 37.8 Å². The number of hydrogen-bond donors (Lipinski definition) is 1. The molecule has 0 radical (unpaired) electrons. The second-order valence-electron chi connectivity index (χ2n) is 5.05. The summed E-state index contributed by atoms with van der Waals surface area (Å²) in [5, 5.41) is 3.20. The number of aliphatic imine (C=N–C) groups is 1. The van der Waals surface area contributed by atoms with Crippen molar-refractivity contribution in [3.05, 3.63) is 48.1 Å². The van der Waals surface area contributed by atoms with Gasteiger partial charge in [0.05, 0.1) is 0 Å². The molecule has 0 fully saturated rings. The van der Waals surface area contributed by atoms with Crippen LogP contribution in [0.25, 0.3) is 0 Å². The topological polar surface area (TPSA) is 27.6 Å². The van der Waals surface area contributed by atoms with Crippen molar-refractivity contribution >= 4 is 29.9 Å². The third kappa shape index (κ3) is 7.76. The highest BCUT2D eigenvalue weighted by Crippen LogP contribution is 2.11. The molecular formula is C17H26F2IN3. The fourth-order valence-corrected chi connectivity index (χ4v) is 2.07. The third-order valence-electron chi connectivity index (χ3n) is 3.27. The molecule has 1 rings (SSSR count). The van der Waals surface area contributed by atoms with Crippen LogP contribution in [0.4, 0.5) is 8.78 Å². The average Bonchev–Trinajstić information content (AvgIpc) is 2.50. The Bertz CT molecular complexity index is 507. The molecule has 23 heavy (non-hydrogen) atoms. The van der Waals surface area contributed by atoms with Crippen molar-refractivity contribution < 1.29 is 8.78 Å². The van der Waals surface area contributed by atoms with Gasteiger partial charge >= 0.3 is 0 Å². The molecule has 0 aromatic heterocycles. The van der Waals surface area contributed by atoms with E-state index in [-0.39, 0.29) is 24.0 Å². The zero-order chi connectivity index (χ0) is 16.4. The normalized spacial score (nSPS) is 10.9. The SMILES string of the molecule is C=CCCCN(C)C(=NCCc1cccc(F)c1F)NCC.I. The molecule has 1 N–H and O–H groups in total. The Kier molecular flexibility index (Phi) is 11.6. The summed E-state index contributed by atoms with van der Waals surface area (Å²) in [5.74, 6) is -0.805. The lowest BCUT2D eigenvalue weighted by molar-refractivity contribution is 0.469. The standard InChI is InChI=1S/C17H25F2N3.HI/c1-4-6-7-13-22(3)17(20-5-2)21-12-11-14-9-8-10-15(18)16(14)19;/h4,8-10H,1,5-7,11-13H2,2-3H3,(H,20,21);1H. The zero-order valence-electron chi connectivity index (χ0n) is 13.8. The van der Waals surface area contributed by atoms with Crippen LogP contribution in [0.5, 0.6) is 0 Å². The first-order chi connectivity index (χ1) is 10.6. The highest BCUT2D eigenvalue weighted by molar-refractivity contribution is 14.0. The molecule has 0 spiro atoms. The first kappa shape index (κ1) is 21.8. The maximum absolute atomic E-state index is 13.6. The van der Waals surface area contributed by atoms with Crippen molar-refractivity contribution in [3.63, 3.8) is 0 Å². The summed E-state index contributed by atoms with van der Waals surface area (Å²) in [6, 6.07) is 4.23. The minimum Gasteiger partial charge on any atom is -0.357 e. The van der Waals surface area contributed by atoms with Crippen LogP contribution in [0.3, 0.4) is 0 Å². The van der Waals surface area contributed by atoms with E-state index in [1.54, 1.807) is 6.07 Å². The number of hydrogen-bond acceptors (Lipinski definition) is 1. The molecule has 0 saturated carbocycles. The molecule has 0 bridgehead atoms. The van der Waals surface area contributed by atoms with E-state index in [2.05, 4.69) is 16.9 Å². The molecule has 0 atom stereocenters. The highest BCUT2D eigenvalue weighted by atomic mass is 127. The van der Waals surface area contributed by atoms with Crippen molar-refractivity contribution in [2.75, 3.05) is 26.7 Å². The monoisotopic (exact) mass is 437 g/mol. The molecule has 130 valence electrons. The minimum atomic E-state index is -0.810. The number of allylic oxidation sites excluding steroid dienone is 1. The molecular weight excluding hydrogens is 411 g/mol. The Morgan fingerprint density at radius 1 is 1.39 bits per heavy atom. The van der Waals surface area contributed by atoms with Crippen molar-refractivity contribution in [3.8, 4) is 0 Å². The van der Waals surface area contributed by atoms with E-state index in [4.69, 9.17) is 0 Å². The van der Waals surface area contributed by atoms with Gasteiger partial charge in [0.1, 0.15) is 0 Å². The summed E-state index contributed by atoms with van der Waals surface area (Å²) in [6.45, 7) is 7.75. The maximum Gasteiger partial charge on any atom is 0.193 e. The van der Waals surface area contributed by atoms with Crippen LogP contribution in [0, 0.1) is 11.6 Å². The van der Waals surface area contributed by atoms with Crippen molar-refractivity contribution in [2.24, 2.45) is 4.99 Å². The van der Waals surface area contributed by atoms with E-state index in [0.717, 1.165) is 38.0 Å². The number of nitrogens with zero attached hydrogens (tertiary/aromatic N) is 2.